The van der Waals surface area contributed by atoms with Crippen LogP contribution in [-0.2, 0) is 5.41 Å². The zero-order chi connectivity index (χ0) is 35.8. The fourth-order valence-corrected chi connectivity index (χ4v) is 9.05. The molecule has 2 aromatic heterocycles. The Morgan fingerprint density at radius 2 is 1.23 bits per heavy atom. The van der Waals surface area contributed by atoms with Gasteiger partial charge in [-0.15, -0.1) is 0 Å². The Kier molecular flexibility index (Phi) is 6.76. The Labute approximate surface area is 307 Å². The number of fused-ring (bicyclic) bond motifs is 7. The van der Waals surface area contributed by atoms with Crippen LogP contribution in [0.3, 0.4) is 0 Å². The van der Waals surface area contributed by atoms with Crippen LogP contribution in [-0.4, -0.2) is 27.3 Å². The van der Waals surface area contributed by atoms with E-state index in [0.717, 1.165) is 67.0 Å². The van der Waals surface area contributed by atoms with Gasteiger partial charge in [-0.25, -0.2) is 0 Å². The highest BCUT2D eigenvalue weighted by molar-refractivity contribution is 6.18. The number of hydrogen-bond acceptors (Lipinski definition) is 3. The molecule has 252 valence electrons. The van der Waals surface area contributed by atoms with E-state index in [-0.39, 0.29) is 0 Å². The van der Waals surface area contributed by atoms with E-state index >= 15 is 0 Å². The van der Waals surface area contributed by atoms with E-state index in [2.05, 4.69) is 156 Å². The molecule has 0 radical (unpaired) electrons. The van der Waals surface area contributed by atoms with E-state index in [1.54, 1.807) is 0 Å². The molecule has 5 nitrogen and oxygen atoms in total. The number of nitrogens with one attached hydrogen (secondary N) is 2. The van der Waals surface area contributed by atoms with Crippen molar-refractivity contribution < 1.29 is 0 Å². The first-order chi connectivity index (χ1) is 26.0. The molecule has 0 amide bonds. The smallest absolute Gasteiger partial charge is 0.0847 e. The minimum Gasteiger partial charge on any atom is -0.313 e. The second-order valence-electron chi connectivity index (χ2n) is 14.0. The molecular weight excluding hydrogens is 647 g/mol. The summed E-state index contributed by atoms with van der Waals surface area (Å²) in [4.78, 5) is 4.80. The van der Waals surface area contributed by atoms with Crippen LogP contribution in [0.25, 0.3) is 66.3 Å². The van der Waals surface area contributed by atoms with Crippen molar-refractivity contribution in [2.75, 3.05) is 0 Å². The first-order valence-electron chi connectivity index (χ1n) is 18.0. The van der Waals surface area contributed by atoms with Crippen LogP contribution in [0.5, 0.6) is 0 Å². The summed E-state index contributed by atoms with van der Waals surface area (Å²) in [6.45, 7) is 4.22. The molecular formula is C48H35N5. The van der Waals surface area contributed by atoms with Crippen LogP contribution in [0.4, 0.5) is 0 Å². The number of hydrogen-bond donors (Lipinski definition) is 2. The van der Waals surface area contributed by atoms with Crippen molar-refractivity contribution in [3.63, 3.8) is 0 Å². The molecule has 53 heavy (non-hydrogen) atoms. The molecule has 0 spiro atoms. The maximum atomic E-state index is 8.02. The Bertz CT molecular complexity index is 2930. The summed E-state index contributed by atoms with van der Waals surface area (Å²) in [6, 6.07) is 48.0. The molecule has 0 saturated carbocycles. The lowest BCUT2D eigenvalue weighted by Gasteiger charge is -2.35. The van der Waals surface area contributed by atoms with Crippen LogP contribution >= 0.6 is 0 Å². The standard InChI is InChI=1S/C48H35N5/c1-30(23-25-49)48(47-24-26-51-47)42-12-6-3-9-36(42)39-28-46-40(27-43(39)48)37-10-4-8-14-45(37)53(46)35-21-17-33(18-22-35)32-15-19-34(20-16-32)52-31(2)41(29-50)38-11-5-7-13-44(38)52/h3-29,49-50H,1-2H3/b30-23+,49-25?,50-29?. The van der Waals surface area contributed by atoms with Gasteiger partial charge in [-0.1, -0.05) is 90.5 Å². The predicted octanol–water partition coefficient (Wildman–Crippen LogP) is 11.5. The van der Waals surface area contributed by atoms with Gasteiger partial charge in [0.1, 0.15) is 0 Å². The molecule has 0 bridgehead atoms. The highest BCUT2D eigenvalue weighted by Crippen LogP contribution is 2.56. The van der Waals surface area contributed by atoms with Gasteiger partial charge in [-0.05, 0) is 108 Å². The molecule has 2 N–H and O–H groups in total. The average molecular weight is 682 g/mol. The maximum absolute atomic E-state index is 8.02. The molecule has 0 saturated heterocycles. The van der Waals surface area contributed by atoms with E-state index < -0.39 is 5.41 Å². The van der Waals surface area contributed by atoms with Crippen molar-refractivity contribution in [3.8, 4) is 33.6 Å². The van der Waals surface area contributed by atoms with Gasteiger partial charge in [-0.2, -0.15) is 0 Å². The predicted molar refractivity (Wildman–Crippen MR) is 221 cm³/mol. The normalized spacial score (nSPS) is 16.1. The molecule has 0 fully saturated rings. The molecule has 3 heterocycles. The number of aromatic nitrogens is 2. The van der Waals surface area contributed by atoms with Crippen molar-refractivity contribution in [2.24, 2.45) is 4.99 Å². The lowest BCUT2D eigenvalue weighted by Crippen LogP contribution is -2.37. The number of benzene rings is 6. The number of para-hydroxylation sites is 2. The van der Waals surface area contributed by atoms with Gasteiger partial charge in [-0.3, -0.25) is 4.99 Å². The third-order valence-electron chi connectivity index (χ3n) is 11.5. The van der Waals surface area contributed by atoms with Crippen molar-refractivity contribution in [2.45, 2.75) is 19.3 Å². The number of rotatable bonds is 7. The van der Waals surface area contributed by atoms with Gasteiger partial charge in [0.2, 0.25) is 0 Å². The SMILES string of the molecule is C/C(=C\C=N)C1(C2=NC=C2)c2ccccc2-c2cc3c(cc21)c1ccccc1n3-c1ccc(-c2ccc(-n3c(C)c(C=N)c4ccccc43)cc2)cc1. The van der Waals surface area contributed by atoms with E-state index in [1.165, 1.54) is 45.5 Å². The van der Waals surface area contributed by atoms with Crippen LogP contribution in [0, 0.1) is 17.7 Å². The Hall–Kier alpha value is -6.85. The summed E-state index contributed by atoms with van der Waals surface area (Å²) in [5.74, 6) is 0. The molecule has 1 unspecified atom stereocenters. The molecule has 6 aromatic carbocycles. The summed E-state index contributed by atoms with van der Waals surface area (Å²) < 4.78 is 4.63. The van der Waals surface area contributed by atoms with E-state index in [4.69, 9.17) is 15.8 Å². The highest BCUT2D eigenvalue weighted by Gasteiger charge is 2.49. The van der Waals surface area contributed by atoms with E-state index in [9.17, 15) is 0 Å². The lowest BCUT2D eigenvalue weighted by molar-refractivity contribution is 0.829. The summed E-state index contributed by atoms with van der Waals surface area (Å²) in [7, 11) is 0. The topological polar surface area (TPSA) is 69.9 Å². The molecule has 8 aromatic rings. The first-order valence-corrected chi connectivity index (χ1v) is 18.0. The van der Waals surface area contributed by atoms with Gasteiger partial charge in [0.15, 0.2) is 0 Å². The molecule has 5 heteroatoms. The maximum Gasteiger partial charge on any atom is 0.0847 e. The van der Waals surface area contributed by atoms with Crippen molar-refractivity contribution in [1.82, 2.24) is 9.13 Å². The highest BCUT2D eigenvalue weighted by atomic mass is 15.0. The van der Waals surface area contributed by atoms with Crippen molar-refractivity contribution in [3.05, 3.63) is 180 Å². The largest absolute Gasteiger partial charge is 0.313 e. The minimum atomic E-state index is -0.553. The summed E-state index contributed by atoms with van der Waals surface area (Å²) in [6.07, 6.45) is 8.76. The fourth-order valence-electron chi connectivity index (χ4n) is 9.05. The van der Waals surface area contributed by atoms with Gasteiger partial charge in [0.05, 0.1) is 27.7 Å². The molecule has 1 aliphatic carbocycles. The summed E-state index contributed by atoms with van der Waals surface area (Å²) in [5, 5.41) is 19.5. The minimum absolute atomic E-state index is 0.553. The monoisotopic (exact) mass is 681 g/mol. The molecule has 1 aliphatic heterocycles. The average Bonchev–Trinajstić information content (AvgIpc) is 3.76. The van der Waals surface area contributed by atoms with Crippen LogP contribution < -0.4 is 0 Å². The van der Waals surface area contributed by atoms with Crippen molar-refractivity contribution in [1.29, 1.82) is 10.8 Å². The van der Waals surface area contributed by atoms with E-state index in [1.807, 2.05) is 18.3 Å². The lowest BCUT2D eigenvalue weighted by atomic mass is 9.67. The van der Waals surface area contributed by atoms with Crippen LogP contribution in [0.15, 0.2) is 162 Å². The second kappa shape index (κ2) is 11.6. The van der Waals surface area contributed by atoms with Crippen molar-refractivity contribution >= 4 is 50.8 Å². The van der Waals surface area contributed by atoms with E-state index in [0.29, 0.717) is 0 Å². The van der Waals surface area contributed by atoms with Gasteiger partial charge in [0, 0.05) is 57.4 Å². The number of nitrogens with zero attached hydrogens (tertiary/aromatic N) is 3. The summed E-state index contributed by atoms with van der Waals surface area (Å²) >= 11 is 0. The second-order valence-corrected chi connectivity index (χ2v) is 14.0. The molecule has 2 aliphatic rings. The van der Waals surface area contributed by atoms with Gasteiger partial charge in [0.25, 0.3) is 0 Å². The third kappa shape index (κ3) is 4.22. The first kappa shape index (κ1) is 30.9. The summed E-state index contributed by atoms with van der Waals surface area (Å²) in [5.41, 5.74) is 16.3. The van der Waals surface area contributed by atoms with Crippen LogP contribution in [0.1, 0.15) is 29.3 Å². The number of aliphatic imine (C=N–C) groups is 1. The third-order valence-corrected chi connectivity index (χ3v) is 11.5. The van der Waals surface area contributed by atoms with Crippen LogP contribution in [0.2, 0.25) is 0 Å². The number of allylic oxidation sites excluding steroid dienone is 3. The molecule has 10 rings (SSSR count). The molecule has 1 atom stereocenters. The Morgan fingerprint density at radius 1 is 0.623 bits per heavy atom. The van der Waals surface area contributed by atoms with Gasteiger partial charge < -0.3 is 20.0 Å². The Morgan fingerprint density at radius 3 is 1.87 bits per heavy atom. The Balaban J connectivity index is 1.10. The fraction of sp³-hybridized carbons (Fsp3) is 0.0625. The quantitative estimate of drug-likeness (QED) is 0.157. The zero-order valence-corrected chi connectivity index (χ0v) is 29.4. The van der Waals surface area contributed by atoms with Gasteiger partial charge >= 0.3 is 0 Å². The zero-order valence-electron chi connectivity index (χ0n) is 29.4.